The molecular formula is C22H18Cl3NO3. The predicted octanol–water partition coefficient (Wildman–Crippen LogP) is 6.88. The van der Waals surface area contributed by atoms with Crippen LogP contribution >= 0.6 is 34.8 Å². The molecule has 1 N–H and O–H groups in total. The minimum atomic E-state index is -0.315. The zero-order chi connectivity index (χ0) is 20.8. The van der Waals surface area contributed by atoms with Gasteiger partial charge in [0.15, 0.2) is 0 Å². The van der Waals surface area contributed by atoms with Gasteiger partial charge in [-0.15, -0.1) is 0 Å². The van der Waals surface area contributed by atoms with E-state index < -0.39 is 0 Å². The van der Waals surface area contributed by atoms with E-state index in [-0.39, 0.29) is 12.5 Å². The highest BCUT2D eigenvalue weighted by Crippen LogP contribution is 2.30. The van der Waals surface area contributed by atoms with Crippen LogP contribution in [0, 0.1) is 0 Å². The number of carbonyl (C=O) groups is 1. The summed E-state index contributed by atoms with van der Waals surface area (Å²) in [6.45, 7) is 2.62. The van der Waals surface area contributed by atoms with E-state index >= 15 is 0 Å². The Kier molecular flexibility index (Phi) is 7.26. The van der Waals surface area contributed by atoms with Gasteiger partial charge in [-0.05, 0) is 61.5 Å². The Morgan fingerprint density at radius 1 is 0.966 bits per heavy atom. The van der Waals surface area contributed by atoms with Crippen molar-refractivity contribution >= 4 is 46.4 Å². The summed E-state index contributed by atoms with van der Waals surface area (Å²) in [5.41, 5.74) is 1.63. The van der Waals surface area contributed by atoms with Crippen molar-refractivity contribution < 1.29 is 14.3 Å². The Labute approximate surface area is 184 Å². The first-order valence-electron chi connectivity index (χ1n) is 8.87. The molecule has 0 spiro atoms. The van der Waals surface area contributed by atoms with E-state index in [1.807, 2.05) is 6.92 Å². The number of anilines is 1. The Hall–Kier alpha value is -2.40. The van der Waals surface area contributed by atoms with Gasteiger partial charge in [-0.3, -0.25) is 4.79 Å². The molecule has 29 heavy (non-hydrogen) atoms. The number of rotatable bonds is 7. The highest BCUT2D eigenvalue weighted by molar-refractivity contribution is 6.44. The molecule has 1 amide bonds. The zero-order valence-electron chi connectivity index (χ0n) is 15.5. The van der Waals surface area contributed by atoms with E-state index in [9.17, 15) is 4.79 Å². The highest BCUT2D eigenvalue weighted by Gasteiger charge is 2.14. The maximum Gasteiger partial charge on any atom is 0.255 e. The lowest BCUT2D eigenvalue weighted by molar-refractivity contribution is 0.102. The second-order valence-corrected chi connectivity index (χ2v) is 7.28. The van der Waals surface area contributed by atoms with Crippen LogP contribution in [0.25, 0.3) is 0 Å². The smallest absolute Gasteiger partial charge is 0.255 e. The first-order chi connectivity index (χ1) is 14.0. The minimum Gasteiger partial charge on any atom is -0.493 e. The van der Waals surface area contributed by atoms with Crippen molar-refractivity contribution in [3.63, 3.8) is 0 Å². The van der Waals surface area contributed by atoms with Gasteiger partial charge in [-0.25, -0.2) is 0 Å². The van der Waals surface area contributed by atoms with Crippen LogP contribution in [0.1, 0.15) is 22.8 Å². The van der Waals surface area contributed by atoms with Crippen LogP contribution in [0.2, 0.25) is 15.1 Å². The van der Waals surface area contributed by atoms with Gasteiger partial charge in [-0.2, -0.15) is 0 Å². The Morgan fingerprint density at radius 3 is 2.45 bits per heavy atom. The summed E-state index contributed by atoms with van der Waals surface area (Å²) >= 11 is 18.1. The number of halogens is 3. The summed E-state index contributed by atoms with van der Waals surface area (Å²) in [5, 5.41) is 4.06. The average molecular weight is 451 g/mol. The minimum absolute atomic E-state index is 0.232. The Bertz CT molecular complexity index is 1010. The number of ether oxygens (including phenoxy) is 2. The monoisotopic (exact) mass is 449 g/mol. The van der Waals surface area contributed by atoms with E-state index in [0.717, 1.165) is 5.56 Å². The van der Waals surface area contributed by atoms with Gasteiger partial charge < -0.3 is 14.8 Å². The molecule has 0 atom stereocenters. The average Bonchev–Trinajstić information content (AvgIpc) is 2.72. The Morgan fingerprint density at radius 2 is 1.72 bits per heavy atom. The fourth-order valence-corrected chi connectivity index (χ4v) is 3.09. The van der Waals surface area contributed by atoms with E-state index in [2.05, 4.69) is 5.32 Å². The molecule has 0 aromatic heterocycles. The molecular weight excluding hydrogens is 433 g/mol. The predicted molar refractivity (Wildman–Crippen MR) is 118 cm³/mol. The lowest BCUT2D eigenvalue weighted by atomic mass is 10.1. The number of hydrogen-bond acceptors (Lipinski definition) is 3. The van der Waals surface area contributed by atoms with Gasteiger partial charge in [0.1, 0.15) is 18.1 Å². The third kappa shape index (κ3) is 5.57. The van der Waals surface area contributed by atoms with E-state index in [1.54, 1.807) is 60.7 Å². The molecule has 150 valence electrons. The van der Waals surface area contributed by atoms with Crippen LogP contribution in [0.15, 0.2) is 60.7 Å². The third-order valence-electron chi connectivity index (χ3n) is 4.03. The molecule has 0 saturated heterocycles. The van der Waals surface area contributed by atoms with E-state index in [0.29, 0.717) is 44.4 Å². The van der Waals surface area contributed by atoms with Crippen molar-refractivity contribution in [1.82, 2.24) is 0 Å². The van der Waals surface area contributed by atoms with Crippen LogP contribution < -0.4 is 14.8 Å². The van der Waals surface area contributed by atoms with Gasteiger partial charge in [-0.1, -0.05) is 40.9 Å². The van der Waals surface area contributed by atoms with Crippen LogP contribution in [-0.4, -0.2) is 12.5 Å². The molecule has 0 aliphatic rings. The molecule has 0 fully saturated rings. The molecule has 0 heterocycles. The van der Waals surface area contributed by atoms with Crippen molar-refractivity contribution in [2.24, 2.45) is 0 Å². The summed E-state index contributed by atoms with van der Waals surface area (Å²) in [6, 6.07) is 17.3. The molecule has 0 aliphatic carbocycles. The quantitative estimate of drug-likeness (QED) is 0.427. The lowest BCUT2D eigenvalue weighted by Crippen LogP contribution is -2.13. The van der Waals surface area contributed by atoms with Gasteiger partial charge in [0.25, 0.3) is 5.91 Å². The highest BCUT2D eigenvalue weighted by atomic mass is 35.5. The number of nitrogens with one attached hydrogen (secondary N) is 1. The van der Waals surface area contributed by atoms with Crippen molar-refractivity contribution in [2.75, 3.05) is 11.9 Å². The Balaban J connectivity index is 1.80. The summed E-state index contributed by atoms with van der Waals surface area (Å²) in [7, 11) is 0. The van der Waals surface area contributed by atoms with Crippen LogP contribution in [0.5, 0.6) is 11.5 Å². The molecule has 0 unspecified atom stereocenters. The molecule has 3 rings (SSSR count). The molecule has 4 nitrogen and oxygen atoms in total. The normalized spacial score (nSPS) is 10.5. The van der Waals surface area contributed by atoms with Gasteiger partial charge in [0.2, 0.25) is 0 Å². The van der Waals surface area contributed by atoms with Crippen molar-refractivity contribution in [3.8, 4) is 11.5 Å². The fraction of sp³-hybridized carbons (Fsp3) is 0.136. The summed E-state index contributed by atoms with van der Waals surface area (Å²) in [6.07, 6.45) is 0. The van der Waals surface area contributed by atoms with Crippen molar-refractivity contribution in [3.05, 3.63) is 86.9 Å². The van der Waals surface area contributed by atoms with Crippen LogP contribution in [0.3, 0.4) is 0 Å². The summed E-state index contributed by atoms with van der Waals surface area (Å²) in [4.78, 5) is 12.7. The lowest BCUT2D eigenvalue weighted by Gasteiger charge is -2.14. The molecule has 3 aromatic carbocycles. The topological polar surface area (TPSA) is 47.6 Å². The van der Waals surface area contributed by atoms with E-state index in [4.69, 9.17) is 44.3 Å². The molecule has 7 heteroatoms. The van der Waals surface area contributed by atoms with Crippen LogP contribution in [0.4, 0.5) is 5.69 Å². The van der Waals surface area contributed by atoms with Crippen molar-refractivity contribution in [1.29, 1.82) is 0 Å². The molecule has 3 aromatic rings. The molecule has 0 aliphatic heterocycles. The fourth-order valence-electron chi connectivity index (χ4n) is 2.62. The largest absolute Gasteiger partial charge is 0.493 e. The second-order valence-electron chi connectivity index (χ2n) is 6.05. The number of amides is 1. The third-order valence-corrected chi connectivity index (χ3v) is 5.10. The van der Waals surface area contributed by atoms with Crippen LogP contribution in [-0.2, 0) is 6.61 Å². The number of carbonyl (C=O) groups excluding carboxylic acids is 1. The second kappa shape index (κ2) is 9.88. The maximum atomic E-state index is 12.7. The number of benzene rings is 3. The van der Waals surface area contributed by atoms with Gasteiger partial charge in [0, 0.05) is 16.1 Å². The maximum absolute atomic E-state index is 12.7. The first kappa shape index (κ1) is 21.3. The first-order valence-corrected chi connectivity index (χ1v) is 10.0. The SMILES string of the molecule is CCOc1ccc(C(=O)Nc2cccc(Cl)c2Cl)cc1COc1ccc(Cl)cc1. The number of hydrogen-bond donors (Lipinski definition) is 1. The zero-order valence-corrected chi connectivity index (χ0v) is 17.8. The van der Waals surface area contributed by atoms with E-state index in [1.165, 1.54) is 0 Å². The van der Waals surface area contributed by atoms with Gasteiger partial charge in [0.05, 0.1) is 22.3 Å². The summed E-state index contributed by atoms with van der Waals surface area (Å²) < 4.78 is 11.5. The molecule has 0 saturated carbocycles. The van der Waals surface area contributed by atoms with Gasteiger partial charge >= 0.3 is 0 Å². The molecule has 0 bridgehead atoms. The standard InChI is InChI=1S/C22H18Cl3NO3/c1-2-28-20-11-6-14(22(27)26-19-5-3-4-18(24)21(19)25)12-15(20)13-29-17-9-7-16(23)8-10-17/h3-12H,2,13H2,1H3,(H,26,27). The van der Waals surface area contributed by atoms with Crippen molar-refractivity contribution in [2.45, 2.75) is 13.5 Å². The summed E-state index contributed by atoms with van der Waals surface area (Å²) in [5.74, 6) is 1.00. The molecule has 0 radical (unpaired) electrons.